The molecule has 0 unspecified atom stereocenters. The van der Waals surface area contributed by atoms with E-state index in [1.165, 1.54) is 18.2 Å². The lowest BCUT2D eigenvalue weighted by Crippen LogP contribution is -2.45. The van der Waals surface area contributed by atoms with Crippen LogP contribution >= 0.6 is 0 Å². The number of aryl methyl sites for hydroxylation is 2. The minimum atomic E-state index is -1.05. The minimum absolute atomic E-state index is 0.177. The summed E-state index contributed by atoms with van der Waals surface area (Å²) in [6.07, 6.45) is 0.941. The van der Waals surface area contributed by atoms with E-state index in [1.54, 1.807) is 12.1 Å². The lowest BCUT2D eigenvalue weighted by atomic mass is 9.97. The van der Waals surface area contributed by atoms with Gasteiger partial charge in [-0.25, -0.2) is 13.6 Å². The number of fused-ring (bicyclic) bond motifs is 3. The summed E-state index contributed by atoms with van der Waals surface area (Å²) in [6, 6.07) is 13.3. The highest BCUT2D eigenvalue weighted by molar-refractivity contribution is 6.04. The number of piperazine rings is 1. The van der Waals surface area contributed by atoms with Crippen LogP contribution in [-0.2, 0) is 30.9 Å². The molecule has 246 valence electrons. The average molecular weight is 644 g/mol. The molecule has 1 N–H and O–H groups in total. The lowest BCUT2D eigenvalue weighted by Gasteiger charge is -2.32. The van der Waals surface area contributed by atoms with Crippen LogP contribution in [0, 0.1) is 18.6 Å². The average Bonchev–Trinajstić information content (AvgIpc) is 3.56. The van der Waals surface area contributed by atoms with E-state index in [2.05, 4.69) is 16.8 Å². The predicted octanol–water partition coefficient (Wildman–Crippen LogP) is 5.73. The first-order valence-corrected chi connectivity index (χ1v) is 16.2. The summed E-state index contributed by atoms with van der Waals surface area (Å²) in [5, 5.41) is 17.7. The van der Waals surface area contributed by atoms with Crippen LogP contribution in [-0.4, -0.2) is 88.2 Å². The highest BCUT2D eigenvalue weighted by Crippen LogP contribution is 2.40. The van der Waals surface area contributed by atoms with Crippen molar-refractivity contribution in [2.75, 3.05) is 53.0 Å². The number of likely N-dealkylation sites (N-methyl/N-ethyl adjacent to an activating group) is 1. The zero-order valence-electron chi connectivity index (χ0n) is 26.8. The predicted molar refractivity (Wildman–Crippen MR) is 176 cm³/mol. The summed E-state index contributed by atoms with van der Waals surface area (Å²) in [5.74, 6) is -1.13. The Labute approximate surface area is 271 Å². The molecule has 0 saturated carbocycles. The monoisotopic (exact) mass is 643 g/mol. The maximum atomic E-state index is 16.1. The molecule has 0 atom stereocenters. The van der Waals surface area contributed by atoms with E-state index in [-0.39, 0.29) is 11.5 Å². The van der Waals surface area contributed by atoms with Crippen molar-refractivity contribution >= 4 is 27.6 Å². The molecule has 2 aliphatic heterocycles. The number of hydrogen-bond acceptors (Lipinski definition) is 6. The zero-order valence-corrected chi connectivity index (χ0v) is 26.8. The first-order valence-electron chi connectivity index (χ1n) is 16.2. The molecule has 2 aromatic heterocycles. The second-order valence-electron chi connectivity index (χ2n) is 12.5. The van der Waals surface area contributed by atoms with Gasteiger partial charge in [-0.05, 0) is 74.2 Å². The van der Waals surface area contributed by atoms with Crippen LogP contribution in [0.25, 0.3) is 32.8 Å². The van der Waals surface area contributed by atoms with Gasteiger partial charge >= 0.3 is 5.97 Å². The standard InChI is InChI=1S/C36H39F2N5O4/c1-23-32(30-22-46-20-18-43(30)39-23)33-29(38)11-10-28-27(6-4-19-47-31-7-3-5-24-21-25(37)8-9-26(24)31)35(36(44)45)42(34(28)33)17-16-41-14-12-40(2)13-15-41/h3,5,7-11,21H,4,6,12-20,22H2,1-2H3,(H,44,45). The Bertz CT molecular complexity index is 1960. The molecule has 11 heteroatoms. The van der Waals surface area contributed by atoms with Crippen molar-refractivity contribution in [3.8, 4) is 16.9 Å². The first-order chi connectivity index (χ1) is 22.8. The second kappa shape index (κ2) is 13.1. The SMILES string of the molecule is Cc1nn2c(c1-c1c(F)ccc3c(CCCOc4cccc5cc(F)ccc45)c(C(=O)O)n(CCN4CCN(C)CC4)c13)COCC2. The van der Waals surface area contributed by atoms with Gasteiger partial charge in [-0.1, -0.05) is 12.1 Å². The van der Waals surface area contributed by atoms with Crippen molar-refractivity contribution in [2.24, 2.45) is 0 Å². The third-order valence-corrected chi connectivity index (χ3v) is 9.52. The molecule has 47 heavy (non-hydrogen) atoms. The molecule has 3 aromatic carbocycles. The Morgan fingerprint density at radius 2 is 1.81 bits per heavy atom. The molecule has 0 amide bonds. The van der Waals surface area contributed by atoms with Crippen LogP contribution in [0.4, 0.5) is 8.78 Å². The molecule has 1 fully saturated rings. The molecule has 9 nitrogen and oxygen atoms in total. The van der Waals surface area contributed by atoms with Gasteiger partial charge in [0.05, 0.1) is 43.3 Å². The van der Waals surface area contributed by atoms with Gasteiger partial charge < -0.3 is 24.0 Å². The number of ether oxygens (including phenoxy) is 2. The number of carbonyl (C=O) groups is 1. The topological polar surface area (TPSA) is 85.0 Å². The molecule has 0 radical (unpaired) electrons. The van der Waals surface area contributed by atoms with Gasteiger partial charge in [-0.2, -0.15) is 5.10 Å². The third kappa shape index (κ3) is 5.99. The van der Waals surface area contributed by atoms with Crippen LogP contribution in [0.1, 0.15) is 33.9 Å². The number of hydrogen-bond donors (Lipinski definition) is 1. The Morgan fingerprint density at radius 1 is 1.00 bits per heavy atom. The maximum absolute atomic E-state index is 16.1. The summed E-state index contributed by atoms with van der Waals surface area (Å²) in [5.41, 5.74) is 3.94. The molecule has 4 heterocycles. The summed E-state index contributed by atoms with van der Waals surface area (Å²) in [6.45, 7) is 8.32. The Hall–Kier alpha value is -4.32. The van der Waals surface area contributed by atoms with Crippen LogP contribution in [0.3, 0.4) is 0 Å². The number of nitrogens with zero attached hydrogens (tertiary/aromatic N) is 5. The van der Waals surface area contributed by atoms with Gasteiger partial charge in [0, 0.05) is 61.2 Å². The number of aromatic nitrogens is 3. The fourth-order valence-corrected chi connectivity index (χ4v) is 7.15. The van der Waals surface area contributed by atoms with Gasteiger partial charge in [-0.15, -0.1) is 0 Å². The van der Waals surface area contributed by atoms with Crippen LogP contribution in [0.15, 0.2) is 48.5 Å². The molecule has 0 bridgehead atoms. The van der Waals surface area contributed by atoms with Crippen LogP contribution in [0.2, 0.25) is 0 Å². The minimum Gasteiger partial charge on any atom is -0.493 e. The Kier molecular flexibility index (Phi) is 8.69. The molecule has 0 spiro atoms. The van der Waals surface area contributed by atoms with Crippen LogP contribution < -0.4 is 4.74 Å². The van der Waals surface area contributed by atoms with Crippen molar-refractivity contribution in [3.05, 3.63) is 82.8 Å². The van der Waals surface area contributed by atoms with E-state index in [0.29, 0.717) is 91.3 Å². The molecule has 0 aliphatic carbocycles. The van der Waals surface area contributed by atoms with Crippen molar-refractivity contribution in [3.63, 3.8) is 0 Å². The van der Waals surface area contributed by atoms with E-state index in [4.69, 9.17) is 14.6 Å². The van der Waals surface area contributed by atoms with E-state index < -0.39 is 11.8 Å². The summed E-state index contributed by atoms with van der Waals surface area (Å²) in [4.78, 5) is 17.7. The molecule has 5 aromatic rings. The molecule has 2 aliphatic rings. The van der Waals surface area contributed by atoms with Crippen molar-refractivity contribution < 1.29 is 28.2 Å². The number of carboxylic acid groups (broad SMARTS) is 1. The Balaban J connectivity index is 1.27. The largest absolute Gasteiger partial charge is 0.493 e. The van der Waals surface area contributed by atoms with Gasteiger partial charge in [0.1, 0.15) is 23.1 Å². The summed E-state index contributed by atoms with van der Waals surface area (Å²) >= 11 is 0. The van der Waals surface area contributed by atoms with E-state index in [0.717, 1.165) is 42.6 Å². The molecular formula is C36H39F2N5O4. The summed E-state index contributed by atoms with van der Waals surface area (Å²) in [7, 11) is 2.10. The van der Waals surface area contributed by atoms with Gasteiger partial charge in [0.2, 0.25) is 0 Å². The van der Waals surface area contributed by atoms with Gasteiger partial charge in [0.25, 0.3) is 0 Å². The van der Waals surface area contributed by atoms with E-state index in [9.17, 15) is 14.3 Å². The van der Waals surface area contributed by atoms with Crippen LogP contribution in [0.5, 0.6) is 5.75 Å². The Morgan fingerprint density at radius 3 is 2.62 bits per heavy atom. The zero-order chi connectivity index (χ0) is 32.7. The van der Waals surface area contributed by atoms with Crippen molar-refractivity contribution in [1.82, 2.24) is 24.1 Å². The molecule has 1 saturated heterocycles. The highest BCUT2D eigenvalue weighted by atomic mass is 19.1. The number of benzene rings is 3. The first kappa shape index (κ1) is 31.3. The highest BCUT2D eigenvalue weighted by Gasteiger charge is 2.30. The number of aromatic carboxylic acids is 1. The second-order valence-corrected chi connectivity index (χ2v) is 12.5. The summed E-state index contributed by atoms with van der Waals surface area (Å²) < 4.78 is 45.5. The van der Waals surface area contributed by atoms with E-state index in [1.807, 2.05) is 34.4 Å². The molecular weight excluding hydrogens is 604 g/mol. The number of carboxylic acids is 1. The van der Waals surface area contributed by atoms with Gasteiger partial charge in [0.15, 0.2) is 0 Å². The number of halogens is 2. The fourth-order valence-electron chi connectivity index (χ4n) is 7.15. The normalized spacial score (nSPS) is 15.8. The maximum Gasteiger partial charge on any atom is 0.352 e. The smallest absolute Gasteiger partial charge is 0.352 e. The quantitative estimate of drug-likeness (QED) is 0.195. The molecule has 7 rings (SSSR count). The van der Waals surface area contributed by atoms with E-state index >= 15 is 4.39 Å². The van der Waals surface area contributed by atoms with Gasteiger partial charge in [-0.3, -0.25) is 9.58 Å². The van der Waals surface area contributed by atoms with Crippen molar-refractivity contribution in [2.45, 2.75) is 39.5 Å². The third-order valence-electron chi connectivity index (χ3n) is 9.52. The number of rotatable bonds is 10. The fraction of sp³-hybridized carbons (Fsp3) is 0.389. The lowest BCUT2D eigenvalue weighted by molar-refractivity contribution is 0.0682. The van der Waals surface area contributed by atoms with Crippen molar-refractivity contribution in [1.29, 1.82) is 0 Å².